The molecule has 0 aliphatic rings. The number of ether oxygens (including phenoxy) is 1. The van der Waals surface area contributed by atoms with Crippen molar-refractivity contribution in [3.8, 4) is 0 Å². The van der Waals surface area contributed by atoms with Gasteiger partial charge in [0.25, 0.3) is 0 Å². The van der Waals surface area contributed by atoms with Crippen LogP contribution in [0.2, 0.25) is 0 Å². The minimum absolute atomic E-state index is 0.104. The number of hydrogen-bond donors (Lipinski definition) is 1. The fraction of sp³-hybridized carbons (Fsp3) is 0.643. The first-order valence-corrected chi connectivity index (χ1v) is 6.56. The second-order valence-electron chi connectivity index (χ2n) is 4.60. The number of likely N-dealkylation sites (N-methyl/N-ethyl adjacent to an activating group) is 1. The topological polar surface area (TPSA) is 51.4 Å². The lowest BCUT2D eigenvalue weighted by Crippen LogP contribution is -2.40. The van der Waals surface area contributed by atoms with Gasteiger partial charge in [0.15, 0.2) is 0 Å². The van der Waals surface area contributed by atoms with Gasteiger partial charge in [-0.1, -0.05) is 13.0 Å². The van der Waals surface area contributed by atoms with Crippen LogP contribution in [-0.2, 0) is 4.74 Å². The molecule has 2 unspecified atom stereocenters. The summed E-state index contributed by atoms with van der Waals surface area (Å²) in [6, 6.07) is 6.27. The van der Waals surface area contributed by atoms with E-state index in [1.54, 1.807) is 7.11 Å². The highest BCUT2D eigenvalue weighted by Crippen LogP contribution is 2.21. The minimum Gasteiger partial charge on any atom is -0.385 e. The molecule has 4 heteroatoms. The molecule has 0 saturated carbocycles. The molecule has 0 bridgehead atoms. The molecular weight excluding hydrogens is 226 g/mol. The zero-order valence-corrected chi connectivity index (χ0v) is 11.7. The summed E-state index contributed by atoms with van der Waals surface area (Å²) >= 11 is 0. The highest BCUT2D eigenvalue weighted by molar-refractivity contribution is 5.11. The van der Waals surface area contributed by atoms with E-state index in [1.165, 1.54) is 0 Å². The molecule has 2 atom stereocenters. The normalized spacial score (nSPS) is 14.7. The van der Waals surface area contributed by atoms with E-state index in [0.29, 0.717) is 0 Å². The summed E-state index contributed by atoms with van der Waals surface area (Å²) in [7, 11) is 3.83. The second kappa shape index (κ2) is 8.19. The van der Waals surface area contributed by atoms with Gasteiger partial charge < -0.3 is 10.5 Å². The van der Waals surface area contributed by atoms with Gasteiger partial charge in [0.1, 0.15) is 0 Å². The van der Waals surface area contributed by atoms with Gasteiger partial charge in [0.05, 0.1) is 11.7 Å². The summed E-state index contributed by atoms with van der Waals surface area (Å²) in [5, 5.41) is 0. The zero-order valence-electron chi connectivity index (χ0n) is 11.7. The first-order valence-electron chi connectivity index (χ1n) is 6.56. The van der Waals surface area contributed by atoms with E-state index in [9.17, 15) is 0 Å². The molecule has 0 saturated heterocycles. The molecule has 0 fully saturated rings. The van der Waals surface area contributed by atoms with Crippen LogP contribution in [0.5, 0.6) is 0 Å². The molecule has 0 aliphatic carbocycles. The molecule has 0 spiro atoms. The highest BCUT2D eigenvalue weighted by atomic mass is 16.5. The van der Waals surface area contributed by atoms with Crippen LogP contribution in [0.25, 0.3) is 0 Å². The molecule has 18 heavy (non-hydrogen) atoms. The SMILES string of the molecule is CCC(N)C(c1ccccn1)N(C)CCCOC. The van der Waals surface area contributed by atoms with Gasteiger partial charge in [-0.05, 0) is 32.0 Å². The molecule has 0 aliphatic heterocycles. The van der Waals surface area contributed by atoms with Gasteiger partial charge in [-0.3, -0.25) is 9.88 Å². The smallest absolute Gasteiger partial charge is 0.0671 e. The lowest BCUT2D eigenvalue weighted by Gasteiger charge is -2.31. The van der Waals surface area contributed by atoms with Gasteiger partial charge in [-0.15, -0.1) is 0 Å². The Hall–Kier alpha value is -0.970. The lowest BCUT2D eigenvalue weighted by molar-refractivity contribution is 0.154. The van der Waals surface area contributed by atoms with Gasteiger partial charge in [0.2, 0.25) is 0 Å². The number of aromatic nitrogens is 1. The van der Waals surface area contributed by atoms with E-state index in [4.69, 9.17) is 10.5 Å². The number of nitrogens with zero attached hydrogens (tertiary/aromatic N) is 2. The van der Waals surface area contributed by atoms with Gasteiger partial charge in [-0.25, -0.2) is 0 Å². The Morgan fingerprint density at radius 1 is 1.44 bits per heavy atom. The van der Waals surface area contributed by atoms with Crippen LogP contribution in [-0.4, -0.2) is 43.2 Å². The summed E-state index contributed by atoms with van der Waals surface area (Å²) in [5.41, 5.74) is 7.29. The zero-order chi connectivity index (χ0) is 13.4. The number of nitrogens with two attached hydrogens (primary N) is 1. The molecule has 0 radical (unpaired) electrons. The third-order valence-electron chi connectivity index (χ3n) is 3.20. The van der Waals surface area contributed by atoms with E-state index in [-0.39, 0.29) is 12.1 Å². The van der Waals surface area contributed by atoms with Gasteiger partial charge >= 0.3 is 0 Å². The number of hydrogen-bond acceptors (Lipinski definition) is 4. The minimum atomic E-state index is 0.104. The molecule has 0 amide bonds. The number of rotatable bonds is 8. The Bertz CT molecular complexity index is 318. The van der Waals surface area contributed by atoms with E-state index < -0.39 is 0 Å². The van der Waals surface area contributed by atoms with E-state index >= 15 is 0 Å². The number of pyridine rings is 1. The maximum absolute atomic E-state index is 6.24. The Balaban J connectivity index is 2.72. The van der Waals surface area contributed by atoms with Crippen molar-refractivity contribution in [1.29, 1.82) is 0 Å². The lowest BCUT2D eigenvalue weighted by atomic mass is 10.0. The third-order valence-corrected chi connectivity index (χ3v) is 3.20. The van der Waals surface area contributed by atoms with Crippen LogP contribution in [0, 0.1) is 0 Å². The van der Waals surface area contributed by atoms with Crippen LogP contribution in [0.15, 0.2) is 24.4 Å². The fourth-order valence-corrected chi connectivity index (χ4v) is 2.14. The molecular formula is C14H25N3O. The molecule has 4 nitrogen and oxygen atoms in total. The quantitative estimate of drug-likeness (QED) is 0.716. The van der Waals surface area contributed by atoms with Gasteiger partial charge in [-0.2, -0.15) is 0 Å². The van der Waals surface area contributed by atoms with Crippen molar-refractivity contribution in [2.24, 2.45) is 5.73 Å². The Labute approximate surface area is 110 Å². The third kappa shape index (κ3) is 4.37. The highest BCUT2D eigenvalue weighted by Gasteiger charge is 2.23. The second-order valence-corrected chi connectivity index (χ2v) is 4.60. The van der Waals surface area contributed by atoms with Crippen LogP contribution in [0.3, 0.4) is 0 Å². The van der Waals surface area contributed by atoms with E-state index in [1.807, 2.05) is 24.4 Å². The van der Waals surface area contributed by atoms with Crippen molar-refractivity contribution < 1.29 is 4.74 Å². The van der Waals surface area contributed by atoms with Crippen molar-refractivity contribution >= 4 is 0 Å². The monoisotopic (exact) mass is 251 g/mol. The van der Waals surface area contributed by atoms with Gasteiger partial charge in [0, 0.05) is 32.5 Å². The first-order chi connectivity index (χ1) is 8.70. The van der Waals surface area contributed by atoms with Crippen molar-refractivity contribution in [2.75, 3.05) is 27.3 Å². The van der Waals surface area contributed by atoms with Crippen LogP contribution >= 0.6 is 0 Å². The summed E-state index contributed by atoms with van der Waals surface area (Å²) in [4.78, 5) is 6.72. The summed E-state index contributed by atoms with van der Waals surface area (Å²) in [5.74, 6) is 0. The maximum Gasteiger partial charge on any atom is 0.0671 e. The average molecular weight is 251 g/mol. The molecule has 0 aromatic carbocycles. The van der Waals surface area contributed by atoms with Crippen molar-refractivity contribution in [2.45, 2.75) is 31.8 Å². The Kier molecular flexibility index (Phi) is 6.86. The fourth-order valence-electron chi connectivity index (χ4n) is 2.14. The molecule has 1 aromatic heterocycles. The summed E-state index contributed by atoms with van der Waals surface area (Å²) in [6.45, 7) is 3.85. The van der Waals surface area contributed by atoms with Crippen LogP contribution < -0.4 is 5.73 Å². The van der Waals surface area contributed by atoms with E-state index in [0.717, 1.165) is 31.7 Å². The predicted molar refractivity (Wildman–Crippen MR) is 74.4 cm³/mol. The summed E-state index contributed by atoms with van der Waals surface area (Å²) < 4.78 is 5.09. The number of methoxy groups -OCH3 is 1. The van der Waals surface area contributed by atoms with Crippen molar-refractivity contribution in [1.82, 2.24) is 9.88 Å². The molecule has 1 rings (SSSR count). The van der Waals surface area contributed by atoms with Crippen LogP contribution in [0.4, 0.5) is 0 Å². The maximum atomic E-state index is 6.24. The van der Waals surface area contributed by atoms with Crippen molar-refractivity contribution in [3.05, 3.63) is 30.1 Å². The van der Waals surface area contributed by atoms with Crippen LogP contribution in [0.1, 0.15) is 31.5 Å². The molecule has 2 N–H and O–H groups in total. The standard InChI is InChI=1S/C14H25N3O/c1-4-12(15)14(13-8-5-6-9-16-13)17(2)10-7-11-18-3/h5-6,8-9,12,14H,4,7,10-11,15H2,1-3H3. The largest absolute Gasteiger partial charge is 0.385 e. The first kappa shape index (κ1) is 15.1. The summed E-state index contributed by atoms with van der Waals surface area (Å²) in [6.07, 6.45) is 3.77. The average Bonchev–Trinajstić information content (AvgIpc) is 2.40. The predicted octanol–water partition coefficient (Wildman–Crippen LogP) is 1.83. The van der Waals surface area contributed by atoms with E-state index in [2.05, 4.69) is 23.9 Å². The van der Waals surface area contributed by atoms with Crippen molar-refractivity contribution in [3.63, 3.8) is 0 Å². The molecule has 1 heterocycles. The Morgan fingerprint density at radius 3 is 2.78 bits per heavy atom. The Morgan fingerprint density at radius 2 is 2.22 bits per heavy atom. The molecule has 1 aromatic rings. The molecule has 102 valence electrons.